The van der Waals surface area contributed by atoms with Crippen LogP contribution in [0.5, 0.6) is 0 Å². The van der Waals surface area contributed by atoms with Crippen LogP contribution in [0.15, 0.2) is 0 Å². The van der Waals surface area contributed by atoms with Gasteiger partial charge in [0.1, 0.15) is 0 Å². The zero-order valence-corrected chi connectivity index (χ0v) is 11.6. The van der Waals surface area contributed by atoms with E-state index in [1.54, 1.807) is 0 Å². The van der Waals surface area contributed by atoms with Gasteiger partial charge in [0.25, 0.3) is 0 Å². The lowest BCUT2D eigenvalue weighted by atomic mass is 9.85. The first-order chi connectivity index (χ1) is 6.22. The largest absolute Gasteiger partial charge is 0.309 e. The Morgan fingerprint density at radius 3 is 1.64 bits per heavy atom. The van der Waals surface area contributed by atoms with Gasteiger partial charge in [-0.1, -0.05) is 48.0 Å². The Morgan fingerprint density at radius 1 is 1.07 bits per heavy atom. The predicted octanol–water partition coefficient (Wildman–Crippen LogP) is 4.04. The first kappa shape index (κ1) is 16.4. The van der Waals surface area contributed by atoms with Crippen LogP contribution in [0.1, 0.15) is 54.4 Å². The van der Waals surface area contributed by atoms with Crippen LogP contribution in [-0.4, -0.2) is 25.5 Å². The molecule has 0 N–H and O–H groups in total. The van der Waals surface area contributed by atoms with Gasteiger partial charge in [0.05, 0.1) is 0 Å². The van der Waals surface area contributed by atoms with Crippen LogP contribution in [-0.2, 0) is 0 Å². The van der Waals surface area contributed by atoms with Crippen molar-refractivity contribution < 1.29 is 0 Å². The predicted molar refractivity (Wildman–Crippen MR) is 67.8 cm³/mol. The topological polar surface area (TPSA) is 3.24 Å². The Kier molecular flexibility index (Phi) is 9.70. The fourth-order valence-electron chi connectivity index (χ4n) is 1.73. The highest BCUT2D eigenvalue weighted by molar-refractivity contribution is 4.67. The fourth-order valence-corrected chi connectivity index (χ4v) is 1.73. The van der Waals surface area contributed by atoms with Crippen LogP contribution < -0.4 is 0 Å². The highest BCUT2D eigenvalue weighted by Gasteiger charge is 2.15. The molecule has 0 aliphatic rings. The number of hydrogen-bond acceptors (Lipinski definition) is 1. The molecule has 1 heteroatoms. The monoisotopic (exact) mass is 201 g/mol. The van der Waals surface area contributed by atoms with E-state index in [-0.39, 0.29) is 0 Å². The van der Waals surface area contributed by atoms with E-state index in [1.165, 1.54) is 19.4 Å². The molecule has 1 nitrogen and oxygen atoms in total. The number of hydrogen-bond donors (Lipinski definition) is 0. The van der Waals surface area contributed by atoms with Crippen LogP contribution in [0.2, 0.25) is 0 Å². The standard InChI is InChI=1S/C10H23N.C3H8/c1-9(8-11(5)6)7-10(2,3)4;1-3-2/h9H,7-8H2,1-6H3;3H2,1-2H3/t9-;/m0./s1. The zero-order valence-electron chi connectivity index (χ0n) is 11.6. The van der Waals surface area contributed by atoms with Crippen LogP contribution in [0, 0.1) is 11.3 Å². The molecule has 0 aliphatic heterocycles. The molecule has 0 saturated carbocycles. The summed E-state index contributed by atoms with van der Waals surface area (Å²) < 4.78 is 0. The maximum atomic E-state index is 2.32. The summed E-state index contributed by atoms with van der Waals surface area (Å²) in [4.78, 5) is 2.26. The molecule has 0 aliphatic carbocycles. The summed E-state index contributed by atoms with van der Waals surface area (Å²) in [6.07, 6.45) is 2.56. The van der Waals surface area contributed by atoms with Crippen molar-refractivity contribution in [3.05, 3.63) is 0 Å². The molecule has 0 saturated heterocycles. The molecule has 0 heterocycles. The molecule has 1 atom stereocenters. The Balaban J connectivity index is 0. The van der Waals surface area contributed by atoms with Crippen molar-refractivity contribution >= 4 is 0 Å². The molecule has 0 aromatic carbocycles. The smallest absolute Gasteiger partial charge is 0.000112 e. The third-order valence-corrected chi connectivity index (χ3v) is 1.64. The van der Waals surface area contributed by atoms with Crippen LogP contribution in [0.3, 0.4) is 0 Å². The summed E-state index contributed by atoms with van der Waals surface area (Å²) >= 11 is 0. The minimum absolute atomic E-state index is 0.482. The van der Waals surface area contributed by atoms with Gasteiger partial charge >= 0.3 is 0 Å². The Morgan fingerprint density at radius 2 is 1.43 bits per heavy atom. The van der Waals surface area contributed by atoms with Gasteiger partial charge < -0.3 is 4.90 Å². The molecule has 0 aromatic rings. The van der Waals surface area contributed by atoms with Crippen molar-refractivity contribution in [3.63, 3.8) is 0 Å². The van der Waals surface area contributed by atoms with Gasteiger partial charge in [0.15, 0.2) is 0 Å². The van der Waals surface area contributed by atoms with E-state index in [2.05, 4.69) is 60.5 Å². The maximum absolute atomic E-state index is 2.32. The summed E-state index contributed by atoms with van der Waals surface area (Å²) in [5.74, 6) is 0.810. The minimum Gasteiger partial charge on any atom is -0.309 e. The summed E-state index contributed by atoms with van der Waals surface area (Å²) in [6, 6.07) is 0. The molecule has 0 aromatic heterocycles. The zero-order chi connectivity index (χ0) is 11.8. The fraction of sp³-hybridized carbons (Fsp3) is 1.00. The SMILES string of the molecule is CCC.C[C@H](CN(C)C)CC(C)(C)C. The van der Waals surface area contributed by atoms with Crippen molar-refractivity contribution in [2.45, 2.75) is 54.4 Å². The highest BCUT2D eigenvalue weighted by atomic mass is 15.1. The van der Waals surface area contributed by atoms with Gasteiger partial charge in [0, 0.05) is 6.54 Å². The second-order valence-corrected chi connectivity index (χ2v) is 5.84. The normalized spacial score (nSPS) is 13.5. The molecular formula is C13H31N. The molecular weight excluding hydrogens is 170 g/mol. The Bertz CT molecular complexity index is 111. The van der Waals surface area contributed by atoms with Crippen molar-refractivity contribution in [1.82, 2.24) is 4.90 Å². The van der Waals surface area contributed by atoms with Gasteiger partial charge in [-0.2, -0.15) is 0 Å². The van der Waals surface area contributed by atoms with Gasteiger partial charge in [0.2, 0.25) is 0 Å². The molecule has 0 radical (unpaired) electrons. The van der Waals surface area contributed by atoms with Crippen molar-refractivity contribution in [3.8, 4) is 0 Å². The van der Waals surface area contributed by atoms with Gasteiger partial charge in [-0.3, -0.25) is 0 Å². The molecule has 0 rings (SSSR count). The number of rotatable bonds is 3. The number of nitrogens with zero attached hydrogens (tertiary/aromatic N) is 1. The third kappa shape index (κ3) is 17.9. The van der Waals surface area contributed by atoms with Crippen LogP contribution in [0.4, 0.5) is 0 Å². The van der Waals surface area contributed by atoms with Gasteiger partial charge in [-0.25, -0.2) is 0 Å². The van der Waals surface area contributed by atoms with E-state index in [4.69, 9.17) is 0 Å². The van der Waals surface area contributed by atoms with E-state index in [0.29, 0.717) is 5.41 Å². The van der Waals surface area contributed by atoms with Crippen molar-refractivity contribution in [2.24, 2.45) is 11.3 Å². The van der Waals surface area contributed by atoms with Crippen molar-refractivity contribution in [1.29, 1.82) is 0 Å². The first-order valence-corrected chi connectivity index (χ1v) is 5.87. The van der Waals surface area contributed by atoms with E-state index in [9.17, 15) is 0 Å². The quantitative estimate of drug-likeness (QED) is 0.666. The minimum atomic E-state index is 0.482. The average molecular weight is 201 g/mol. The molecule has 0 fully saturated rings. The molecule has 0 amide bonds. The van der Waals surface area contributed by atoms with Crippen LogP contribution >= 0.6 is 0 Å². The van der Waals surface area contributed by atoms with E-state index >= 15 is 0 Å². The highest BCUT2D eigenvalue weighted by Crippen LogP contribution is 2.24. The summed E-state index contributed by atoms with van der Waals surface area (Å²) in [7, 11) is 4.28. The maximum Gasteiger partial charge on any atom is 0.000112 e. The lowest BCUT2D eigenvalue weighted by Crippen LogP contribution is -2.23. The first-order valence-electron chi connectivity index (χ1n) is 5.87. The molecule has 0 bridgehead atoms. The molecule has 0 spiro atoms. The Labute approximate surface area is 91.9 Å². The van der Waals surface area contributed by atoms with Gasteiger partial charge in [-0.15, -0.1) is 0 Å². The van der Waals surface area contributed by atoms with Crippen molar-refractivity contribution in [2.75, 3.05) is 20.6 Å². The summed E-state index contributed by atoms with van der Waals surface area (Å²) in [6.45, 7) is 14.7. The molecule has 14 heavy (non-hydrogen) atoms. The van der Waals surface area contributed by atoms with Crippen LogP contribution in [0.25, 0.3) is 0 Å². The molecule has 0 unspecified atom stereocenters. The summed E-state index contributed by atoms with van der Waals surface area (Å²) in [5.41, 5.74) is 0.482. The Hall–Kier alpha value is -0.0400. The van der Waals surface area contributed by atoms with E-state index in [1.807, 2.05) is 0 Å². The van der Waals surface area contributed by atoms with Gasteiger partial charge in [-0.05, 0) is 31.8 Å². The molecule has 88 valence electrons. The second-order valence-electron chi connectivity index (χ2n) is 5.84. The van der Waals surface area contributed by atoms with E-state index < -0.39 is 0 Å². The summed E-state index contributed by atoms with van der Waals surface area (Å²) in [5, 5.41) is 0. The second kappa shape index (κ2) is 8.28. The average Bonchev–Trinajstić information content (AvgIpc) is 1.80. The lowest BCUT2D eigenvalue weighted by molar-refractivity contribution is 0.252. The van der Waals surface area contributed by atoms with E-state index in [0.717, 1.165) is 5.92 Å². The third-order valence-electron chi connectivity index (χ3n) is 1.64. The lowest BCUT2D eigenvalue weighted by Gasteiger charge is -2.25.